The molecule has 0 aromatic heterocycles. The van der Waals surface area contributed by atoms with Crippen molar-refractivity contribution in [2.75, 3.05) is 5.32 Å². The van der Waals surface area contributed by atoms with Gasteiger partial charge in [0.15, 0.2) is 23.5 Å². The Morgan fingerprint density at radius 2 is 1.36 bits per heavy atom. The fourth-order valence-corrected chi connectivity index (χ4v) is 2.98. The molecule has 0 bridgehead atoms. The molecular formula is C22H20F3N2O+. The van der Waals surface area contributed by atoms with Crippen LogP contribution in [0.5, 0.6) is 0 Å². The van der Waals surface area contributed by atoms with Crippen LogP contribution in [-0.4, -0.2) is 11.9 Å². The minimum absolute atomic E-state index is 0.155. The largest absolute Gasteiger partial charge is 0.326 e. The van der Waals surface area contributed by atoms with E-state index in [1.165, 1.54) is 0 Å². The van der Waals surface area contributed by atoms with Gasteiger partial charge in [-0.3, -0.25) is 4.79 Å². The summed E-state index contributed by atoms with van der Waals surface area (Å²) in [6.45, 7) is 1.67. The van der Waals surface area contributed by atoms with Crippen LogP contribution in [0.1, 0.15) is 24.1 Å². The molecule has 1 atom stereocenters. The number of nitrogens with two attached hydrogens (primary N) is 1. The van der Waals surface area contributed by atoms with E-state index >= 15 is 0 Å². The van der Waals surface area contributed by atoms with Gasteiger partial charge in [-0.2, -0.15) is 0 Å². The zero-order valence-corrected chi connectivity index (χ0v) is 15.2. The average Bonchev–Trinajstić information content (AvgIpc) is 2.73. The number of anilines is 1. The van der Waals surface area contributed by atoms with Gasteiger partial charge in [0, 0.05) is 11.1 Å². The van der Waals surface area contributed by atoms with Crippen molar-refractivity contribution >= 4 is 11.6 Å². The van der Waals surface area contributed by atoms with Gasteiger partial charge in [0.25, 0.3) is 5.91 Å². The van der Waals surface area contributed by atoms with Crippen molar-refractivity contribution in [1.82, 2.24) is 0 Å². The molecule has 3 nitrogen and oxygen atoms in total. The van der Waals surface area contributed by atoms with Gasteiger partial charge in [0.1, 0.15) is 6.04 Å². The van der Waals surface area contributed by atoms with E-state index in [1.807, 2.05) is 66.0 Å². The van der Waals surface area contributed by atoms with Crippen LogP contribution in [0.15, 0.2) is 72.8 Å². The van der Waals surface area contributed by atoms with Crippen LogP contribution in [0.25, 0.3) is 0 Å². The van der Waals surface area contributed by atoms with E-state index in [-0.39, 0.29) is 11.7 Å². The Labute approximate surface area is 161 Å². The number of hydrogen-bond acceptors (Lipinski definition) is 1. The maximum atomic E-state index is 13.8. The first-order chi connectivity index (χ1) is 13.5. The second-order valence-electron chi connectivity index (χ2n) is 6.49. The Bertz CT molecular complexity index is 909. The van der Waals surface area contributed by atoms with Gasteiger partial charge in [-0.1, -0.05) is 60.7 Å². The minimum atomic E-state index is -1.61. The number of amides is 1. The molecule has 0 aliphatic heterocycles. The molecule has 0 radical (unpaired) electrons. The summed E-state index contributed by atoms with van der Waals surface area (Å²) in [6.07, 6.45) is 0. The summed E-state index contributed by atoms with van der Waals surface area (Å²) in [4.78, 5) is 12.5. The van der Waals surface area contributed by atoms with Crippen LogP contribution in [0.2, 0.25) is 0 Å². The molecule has 0 spiro atoms. The molecule has 0 saturated carbocycles. The Morgan fingerprint density at radius 1 is 0.821 bits per heavy atom. The maximum Gasteiger partial charge on any atom is 0.282 e. The molecule has 28 heavy (non-hydrogen) atoms. The van der Waals surface area contributed by atoms with Gasteiger partial charge in [0.2, 0.25) is 0 Å². The highest BCUT2D eigenvalue weighted by molar-refractivity contribution is 5.93. The first-order valence-corrected chi connectivity index (χ1v) is 8.86. The van der Waals surface area contributed by atoms with Crippen molar-refractivity contribution in [2.45, 2.75) is 19.0 Å². The van der Waals surface area contributed by atoms with Crippen LogP contribution in [0, 0.1) is 17.5 Å². The highest BCUT2D eigenvalue weighted by atomic mass is 19.2. The van der Waals surface area contributed by atoms with Gasteiger partial charge in [-0.05, 0) is 19.1 Å². The Kier molecular flexibility index (Phi) is 6.11. The molecule has 3 N–H and O–H groups in total. The molecule has 144 valence electrons. The number of carbonyl (C=O) groups excluding carboxylic acids is 1. The topological polar surface area (TPSA) is 45.7 Å². The van der Waals surface area contributed by atoms with Gasteiger partial charge in [-0.25, -0.2) is 13.2 Å². The summed E-state index contributed by atoms with van der Waals surface area (Å²) in [7, 11) is 0. The highest BCUT2D eigenvalue weighted by Gasteiger charge is 2.26. The number of carbonyl (C=O) groups is 1. The standard InChI is InChI=1S/C22H19F3N2O/c1-14(22(28)27-18-13-12-17(23)19(24)20(18)25)26-21(15-8-4-2-5-9-15)16-10-6-3-7-11-16/h2-14,21,26H,1H3,(H,27,28)/p+1/t14-/m1/s1. The summed E-state index contributed by atoms with van der Waals surface area (Å²) >= 11 is 0. The SMILES string of the molecule is C[C@@H]([NH2+]C(c1ccccc1)c1ccccc1)C(=O)Nc1ccc(F)c(F)c1F. The number of benzene rings is 3. The third-order valence-electron chi connectivity index (χ3n) is 4.51. The Morgan fingerprint density at radius 3 is 1.89 bits per heavy atom. The predicted octanol–water partition coefficient (Wildman–Crippen LogP) is 3.78. The molecule has 0 aliphatic carbocycles. The molecule has 3 aromatic carbocycles. The first-order valence-electron chi connectivity index (χ1n) is 8.86. The number of nitrogens with one attached hydrogen (secondary N) is 1. The lowest BCUT2D eigenvalue weighted by Gasteiger charge is -2.21. The van der Waals surface area contributed by atoms with Crippen LogP contribution in [0.3, 0.4) is 0 Å². The summed E-state index contributed by atoms with van der Waals surface area (Å²) in [6, 6.07) is 20.4. The van der Waals surface area contributed by atoms with Crippen molar-refractivity contribution in [1.29, 1.82) is 0 Å². The second-order valence-corrected chi connectivity index (χ2v) is 6.49. The highest BCUT2D eigenvalue weighted by Crippen LogP contribution is 2.20. The molecule has 0 fully saturated rings. The van der Waals surface area contributed by atoms with Crippen molar-refractivity contribution in [2.24, 2.45) is 0 Å². The second kappa shape index (κ2) is 8.71. The lowest BCUT2D eigenvalue weighted by atomic mass is 9.98. The number of hydrogen-bond donors (Lipinski definition) is 2. The number of quaternary nitrogens is 1. The Balaban J connectivity index is 1.79. The lowest BCUT2D eigenvalue weighted by Crippen LogP contribution is -2.92. The number of rotatable bonds is 6. The van der Waals surface area contributed by atoms with Crippen LogP contribution >= 0.6 is 0 Å². The quantitative estimate of drug-likeness (QED) is 0.623. The van der Waals surface area contributed by atoms with E-state index in [0.717, 1.165) is 23.3 Å². The minimum Gasteiger partial charge on any atom is -0.326 e. The molecule has 0 aliphatic rings. The summed E-state index contributed by atoms with van der Waals surface area (Å²) in [5, 5.41) is 4.18. The van der Waals surface area contributed by atoms with E-state index in [0.29, 0.717) is 0 Å². The molecular weight excluding hydrogens is 365 g/mol. The van der Waals surface area contributed by atoms with E-state index in [1.54, 1.807) is 6.92 Å². The van der Waals surface area contributed by atoms with Crippen molar-refractivity contribution < 1.29 is 23.3 Å². The third kappa shape index (κ3) is 4.40. The van der Waals surface area contributed by atoms with Gasteiger partial charge in [0.05, 0.1) is 5.69 Å². The van der Waals surface area contributed by atoms with Crippen molar-refractivity contribution in [3.63, 3.8) is 0 Å². The molecule has 0 saturated heterocycles. The maximum absolute atomic E-state index is 13.8. The average molecular weight is 385 g/mol. The zero-order chi connectivity index (χ0) is 20.1. The smallest absolute Gasteiger partial charge is 0.282 e. The molecule has 3 rings (SSSR count). The van der Waals surface area contributed by atoms with Crippen LogP contribution in [-0.2, 0) is 4.79 Å². The summed E-state index contributed by atoms with van der Waals surface area (Å²) in [5.41, 5.74) is 1.62. The molecule has 0 heterocycles. The third-order valence-corrected chi connectivity index (χ3v) is 4.51. The fourth-order valence-electron chi connectivity index (χ4n) is 2.98. The van der Waals surface area contributed by atoms with Gasteiger partial charge < -0.3 is 10.6 Å². The van der Waals surface area contributed by atoms with E-state index in [2.05, 4.69) is 5.32 Å². The van der Waals surface area contributed by atoms with Crippen LogP contribution in [0.4, 0.5) is 18.9 Å². The monoisotopic (exact) mass is 385 g/mol. The summed E-state index contributed by atoms with van der Waals surface area (Å²) in [5.74, 6) is -4.84. The normalized spacial score (nSPS) is 12.0. The van der Waals surface area contributed by atoms with E-state index < -0.39 is 29.4 Å². The molecule has 1 amide bonds. The van der Waals surface area contributed by atoms with E-state index in [9.17, 15) is 18.0 Å². The molecule has 6 heteroatoms. The first kappa shape index (κ1) is 19.6. The predicted molar refractivity (Wildman–Crippen MR) is 101 cm³/mol. The number of halogens is 3. The zero-order valence-electron chi connectivity index (χ0n) is 15.2. The van der Waals surface area contributed by atoms with Gasteiger partial charge in [-0.15, -0.1) is 0 Å². The van der Waals surface area contributed by atoms with Gasteiger partial charge >= 0.3 is 0 Å². The van der Waals surface area contributed by atoms with Crippen molar-refractivity contribution in [3.05, 3.63) is 101 Å². The van der Waals surface area contributed by atoms with Crippen molar-refractivity contribution in [3.8, 4) is 0 Å². The van der Waals surface area contributed by atoms with E-state index in [4.69, 9.17) is 0 Å². The lowest BCUT2D eigenvalue weighted by molar-refractivity contribution is -0.704. The Hall–Kier alpha value is -3.12. The molecule has 0 unspecified atom stereocenters. The fraction of sp³-hybridized carbons (Fsp3) is 0.136. The molecule has 3 aromatic rings. The summed E-state index contributed by atoms with van der Waals surface area (Å²) < 4.78 is 40.3. The van der Waals surface area contributed by atoms with Crippen LogP contribution < -0.4 is 10.6 Å².